The zero-order chi connectivity index (χ0) is 26.6. The number of unbranched alkanes of at least 4 members (excludes halogenated alkanes) is 5. The Morgan fingerprint density at radius 1 is 0.703 bits per heavy atom. The van der Waals surface area contributed by atoms with Crippen LogP contribution in [0.15, 0.2) is 18.2 Å². The molecule has 1 atom stereocenters. The van der Waals surface area contributed by atoms with Crippen LogP contribution in [0.1, 0.15) is 94.2 Å². The van der Waals surface area contributed by atoms with Gasteiger partial charge in [-0.3, -0.25) is 0 Å². The van der Waals surface area contributed by atoms with E-state index >= 15 is 0 Å². The molecule has 3 rings (SSSR count). The highest BCUT2D eigenvalue weighted by Crippen LogP contribution is 2.39. The number of ether oxygens (including phenoxy) is 3. The maximum absolute atomic E-state index is 15.0. The van der Waals surface area contributed by atoms with Gasteiger partial charge in [0.1, 0.15) is 0 Å². The third-order valence-corrected chi connectivity index (χ3v) is 6.93. The molecule has 0 saturated heterocycles. The summed E-state index contributed by atoms with van der Waals surface area (Å²) >= 11 is 0. The quantitative estimate of drug-likeness (QED) is 0.163. The Hall–Kier alpha value is -2.28. The minimum atomic E-state index is -1.03. The van der Waals surface area contributed by atoms with Crippen molar-refractivity contribution in [2.75, 3.05) is 26.4 Å². The summed E-state index contributed by atoms with van der Waals surface area (Å²) in [6, 6.07) is 4.49. The van der Waals surface area contributed by atoms with E-state index in [1.54, 1.807) is 6.07 Å². The van der Waals surface area contributed by atoms with E-state index in [-0.39, 0.29) is 35.7 Å². The maximum atomic E-state index is 15.0. The molecule has 0 bridgehead atoms. The average molecular weight is 525 g/mol. The number of fused-ring (bicyclic) bond motifs is 1. The summed E-state index contributed by atoms with van der Waals surface area (Å²) in [5.41, 5.74) is 1.03. The lowest BCUT2D eigenvalue weighted by Crippen LogP contribution is -2.18. The number of benzene rings is 2. The number of hydrogen-bond donors (Lipinski definition) is 0. The van der Waals surface area contributed by atoms with Crippen LogP contribution in [0.2, 0.25) is 0 Å². The van der Waals surface area contributed by atoms with E-state index in [1.807, 2.05) is 0 Å². The van der Waals surface area contributed by atoms with Crippen LogP contribution in [0, 0.1) is 23.3 Å². The van der Waals surface area contributed by atoms with Crippen LogP contribution in [-0.2, 0) is 17.6 Å². The third-order valence-electron chi connectivity index (χ3n) is 6.93. The van der Waals surface area contributed by atoms with Gasteiger partial charge >= 0.3 is 0 Å². The largest absolute Gasteiger partial charge is 0.490 e. The van der Waals surface area contributed by atoms with Crippen molar-refractivity contribution in [3.63, 3.8) is 0 Å². The molecule has 2 aromatic carbocycles. The van der Waals surface area contributed by atoms with Gasteiger partial charge in [0.25, 0.3) is 0 Å². The highest BCUT2D eigenvalue weighted by Gasteiger charge is 2.29. The molecule has 0 heterocycles. The normalized spacial score (nSPS) is 15.0. The molecule has 2 aromatic rings. The van der Waals surface area contributed by atoms with Gasteiger partial charge in [-0.15, -0.1) is 0 Å². The number of aryl methyl sites for hydroxylation is 1. The highest BCUT2D eigenvalue weighted by atomic mass is 19.2. The predicted molar refractivity (Wildman–Crippen MR) is 138 cm³/mol. The van der Waals surface area contributed by atoms with Crippen LogP contribution >= 0.6 is 0 Å². The number of rotatable bonds is 16. The molecule has 0 amide bonds. The molecule has 1 aliphatic carbocycles. The first-order valence-electron chi connectivity index (χ1n) is 13.8. The zero-order valence-corrected chi connectivity index (χ0v) is 22.2. The third kappa shape index (κ3) is 8.10. The molecule has 0 aliphatic heterocycles. The molecule has 1 aliphatic rings. The topological polar surface area (TPSA) is 27.7 Å². The van der Waals surface area contributed by atoms with Gasteiger partial charge in [-0.05, 0) is 79.7 Å². The second-order valence-electron chi connectivity index (χ2n) is 9.79. The molecule has 0 aromatic heterocycles. The summed E-state index contributed by atoms with van der Waals surface area (Å²) < 4.78 is 75.8. The van der Waals surface area contributed by atoms with Crippen molar-refractivity contribution in [3.8, 4) is 11.5 Å². The molecule has 0 saturated carbocycles. The van der Waals surface area contributed by atoms with Crippen molar-refractivity contribution in [1.82, 2.24) is 0 Å². The SMILES string of the molecule is CCCCCCOc1ccc(C2CCc3cc(OCCCCOCCCC)c(F)c(F)c3C2)c(F)c1F. The Labute approximate surface area is 218 Å². The van der Waals surface area contributed by atoms with Crippen molar-refractivity contribution >= 4 is 0 Å². The van der Waals surface area contributed by atoms with Gasteiger partial charge in [0.05, 0.1) is 13.2 Å². The first kappa shape index (κ1) is 29.3. The van der Waals surface area contributed by atoms with Crippen molar-refractivity contribution in [2.45, 2.75) is 90.4 Å². The van der Waals surface area contributed by atoms with Crippen molar-refractivity contribution < 1.29 is 31.8 Å². The van der Waals surface area contributed by atoms with Crippen LogP contribution in [-0.4, -0.2) is 26.4 Å². The first-order chi connectivity index (χ1) is 18.0. The summed E-state index contributed by atoms with van der Waals surface area (Å²) in [7, 11) is 0. The first-order valence-corrected chi connectivity index (χ1v) is 13.8. The monoisotopic (exact) mass is 524 g/mol. The fourth-order valence-electron chi connectivity index (χ4n) is 4.70. The molecule has 37 heavy (non-hydrogen) atoms. The van der Waals surface area contributed by atoms with E-state index in [1.165, 1.54) is 12.1 Å². The summed E-state index contributed by atoms with van der Waals surface area (Å²) in [6.45, 7) is 6.15. The van der Waals surface area contributed by atoms with Crippen molar-refractivity contribution in [3.05, 3.63) is 58.2 Å². The fraction of sp³-hybridized carbons (Fsp3) is 0.600. The van der Waals surface area contributed by atoms with Gasteiger partial charge in [0.15, 0.2) is 23.1 Å². The second kappa shape index (κ2) is 15.2. The fourth-order valence-corrected chi connectivity index (χ4v) is 4.70. The molecular formula is C30H40F4O3. The van der Waals surface area contributed by atoms with E-state index < -0.39 is 29.2 Å². The van der Waals surface area contributed by atoms with Crippen LogP contribution in [0.5, 0.6) is 11.5 Å². The van der Waals surface area contributed by atoms with Gasteiger partial charge in [-0.25, -0.2) is 8.78 Å². The number of halogens is 4. The van der Waals surface area contributed by atoms with Gasteiger partial charge in [0.2, 0.25) is 11.6 Å². The Kier molecular flexibility index (Phi) is 12.0. The minimum Gasteiger partial charge on any atom is -0.490 e. The molecule has 1 unspecified atom stereocenters. The zero-order valence-electron chi connectivity index (χ0n) is 22.2. The van der Waals surface area contributed by atoms with Crippen molar-refractivity contribution in [2.24, 2.45) is 0 Å². The Balaban J connectivity index is 1.59. The van der Waals surface area contributed by atoms with Crippen LogP contribution in [0.3, 0.4) is 0 Å². The molecule has 206 valence electrons. The molecular weight excluding hydrogens is 484 g/mol. The maximum Gasteiger partial charge on any atom is 0.200 e. The second-order valence-corrected chi connectivity index (χ2v) is 9.79. The molecule has 0 radical (unpaired) electrons. The van der Waals surface area contributed by atoms with Crippen LogP contribution < -0.4 is 9.47 Å². The average Bonchev–Trinajstić information content (AvgIpc) is 2.90. The summed E-state index contributed by atoms with van der Waals surface area (Å²) in [5, 5.41) is 0. The van der Waals surface area contributed by atoms with Crippen molar-refractivity contribution in [1.29, 1.82) is 0 Å². The van der Waals surface area contributed by atoms with Crippen LogP contribution in [0.4, 0.5) is 17.6 Å². The van der Waals surface area contributed by atoms with E-state index in [2.05, 4.69) is 13.8 Å². The van der Waals surface area contributed by atoms with Gasteiger partial charge in [-0.1, -0.05) is 45.6 Å². The van der Waals surface area contributed by atoms with E-state index in [0.717, 1.165) is 51.6 Å². The molecule has 7 heteroatoms. The molecule has 0 N–H and O–H groups in total. The minimum absolute atomic E-state index is 0.0979. The lowest BCUT2D eigenvalue weighted by Gasteiger charge is -2.27. The highest BCUT2D eigenvalue weighted by molar-refractivity contribution is 5.43. The predicted octanol–water partition coefficient (Wildman–Crippen LogP) is 8.45. The molecule has 3 nitrogen and oxygen atoms in total. The Morgan fingerprint density at radius 2 is 1.35 bits per heavy atom. The van der Waals surface area contributed by atoms with E-state index in [0.29, 0.717) is 38.0 Å². The smallest absolute Gasteiger partial charge is 0.200 e. The summed E-state index contributed by atoms with van der Waals surface area (Å²) in [6.07, 6.45) is 8.50. The number of hydrogen-bond acceptors (Lipinski definition) is 3. The summed E-state index contributed by atoms with van der Waals surface area (Å²) in [4.78, 5) is 0. The lowest BCUT2D eigenvalue weighted by atomic mass is 9.79. The van der Waals surface area contributed by atoms with E-state index in [4.69, 9.17) is 14.2 Å². The lowest BCUT2D eigenvalue weighted by molar-refractivity contribution is 0.123. The van der Waals surface area contributed by atoms with Gasteiger partial charge < -0.3 is 14.2 Å². The van der Waals surface area contributed by atoms with Gasteiger partial charge in [-0.2, -0.15) is 8.78 Å². The van der Waals surface area contributed by atoms with E-state index in [9.17, 15) is 17.6 Å². The Morgan fingerprint density at radius 3 is 2.11 bits per heavy atom. The standard InChI is InChI=1S/C30H40F4O3/c1-3-5-7-8-17-36-25-14-13-23(27(31)29(25)33)21-11-12-22-20-26(30(34)28(32)24(22)19-21)37-18-10-9-16-35-15-6-4-2/h13-14,20-21H,3-12,15-19H2,1-2H3. The molecule has 0 spiro atoms. The van der Waals surface area contributed by atoms with Gasteiger partial charge in [0, 0.05) is 13.2 Å². The van der Waals surface area contributed by atoms with Crippen LogP contribution in [0.25, 0.3) is 0 Å². The Bertz CT molecular complexity index is 996. The molecule has 0 fully saturated rings. The summed E-state index contributed by atoms with van der Waals surface area (Å²) in [5.74, 6) is -4.65.